The van der Waals surface area contributed by atoms with Gasteiger partial charge in [-0.25, -0.2) is 4.79 Å². The molecule has 1 aromatic carbocycles. The van der Waals surface area contributed by atoms with Crippen LogP contribution in [0.4, 0.5) is 0 Å². The van der Waals surface area contributed by atoms with Gasteiger partial charge in [0.15, 0.2) is 6.61 Å². The average molecular weight is 327 g/mol. The maximum atomic E-state index is 12.4. The number of hydrogen-bond acceptors (Lipinski definition) is 5. The highest BCUT2D eigenvalue weighted by atomic mass is 16.5. The van der Waals surface area contributed by atoms with Gasteiger partial charge in [-0.05, 0) is 18.1 Å². The molecular weight excluding hydrogens is 310 g/mol. The second-order valence-corrected chi connectivity index (χ2v) is 5.39. The second-order valence-electron chi connectivity index (χ2n) is 5.39. The van der Waals surface area contributed by atoms with Gasteiger partial charge in [0.1, 0.15) is 5.70 Å². The number of benzene rings is 1. The third kappa shape index (κ3) is 3.01. The molecule has 7 nitrogen and oxygen atoms in total. The van der Waals surface area contributed by atoms with E-state index in [0.29, 0.717) is 5.56 Å². The number of hydrogen-bond donors (Lipinski definition) is 3. The van der Waals surface area contributed by atoms with Crippen LogP contribution in [0.5, 0.6) is 0 Å². The van der Waals surface area contributed by atoms with Gasteiger partial charge >= 0.3 is 5.97 Å². The lowest BCUT2D eigenvalue weighted by molar-refractivity contribution is -0.138. The molecule has 0 atom stereocenters. The zero-order chi connectivity index (χ0) is 17.1. The molecule has 1 aromatic heterocycles. The van der Waals surface area contributed by atoms with Crippen molar-refractivity contribution in [3.05, 3.63) is 47.3 Å². The summed E-state index contributed by atoms with van der Waals surface area (Å²) in [4.78, 5) is 38.3. The van der Waals surface area contributed by atoms with Crippen molar-refractivity contribution >= 4 is 28.6 Å². The first-order chi connectivity index (χ1) is 11.6. The van der Waals surface area contributed by atoms with E-state index in [1.165, 1.54) is 6.08 Å². The van der Waals surface area contributed by atoms with Crippen LogP contribution >= 0.6 is 0 Å². The molecule has 0 aliphatic carbocycles. The number of hydrazine groups is 1. The molecule has 24 heavy (non-hydrogen) atoms. The van der Waals surface area contributed by atoms with Crippen molar-refractivity contribution in [2.75, 3.05) is 6.61 Å². The Bertz CT molecular complexity index is 851. The van der Waals surface area contributed by atoms with Crippen LogP contribution in [0.15, 0.2) is 36.2 Å². The molecular formula is C17H17N3O4. The first-order valence-electron chi connectivity index (χ1n) is 7.64. The molecule has 1 amide bonds. The van der Waals surface area contributed by atoms with Gasteiger partial charge in [0.25, 0.3) is 0 Å². The smallest absolute Gasteiger partial charge is 0.356 e. The van der Waals surface area contributed by atoms with Gasteiger partial charge in [-0.1, -0.05) is 25.1 Å². The molecule has 0 bridgehead atoms. The summed E-state index contributed by atoms with van der Waals surface area (Å²) in [6, 6.07) is 5.76. The third-order valence-electron chi connectivity index (χ3n) is 3.87. The summed E-state index contributed by atoms with van der Waals surface area (Å²) in [5.74, 6) is -1.21. The quantitative estimate of drug-likeness (QED) is 0.569. The van der Waals surface area contributed by atoms with Crippen molar-refractivity contribution in [1.29, 1.82) is 0 Å². The molecule has 1 aliphatic rings. The fourth-order valence-electron chi connectivity index (χ4n) is 2.60. The van der Waals surface area contributed by atoms with Gasteiger partial charge in [0.05, 0.1) is 0 Å². The lowest BCUT2D eigenvalue weighted by atomic mass is 10.1. The standard InChI is InChI=1S/C17H17N3O4/c1-2-10-4-3-5-11-12(8-18-16(10)11)14(21)9-24-17(23)13-6-7-15(22)20-19-13/h3-6,8,18-19H,2,7,9H2,1H3,(H,20,22). The lowest BCUT2D eigenvalue weighted by Gasteiger charge is -2.15. The summed E-state index contributed by atoms with van der Waals surface area (Å²) in [5.41, 5.74) is 7.42. The highest BCUT2D eigenvalue weighted by Gasteiger charge is 2.19. The monoisotopic (exact) mass is 327 g/mol. The van der Waals surface area contributed by atoms with E-state index in [4.69, 9.17) is 4.74 Å². The molecule has 0 fully saturated rings. The number of aromatic nitrogens is 1. The van der Waals surface area contributed by atoms with Crippen LogP contribution in [0.25, 0.3) is 10.9 Å². The number of esters is 1. The maximum absolute atomic E-state index is 12.4. The summed E-state index contributed by atoms with van der Waals surface area (Å²) in [6.45, 7) is 1.68. The molecule has 0 spiro atoms. The zero-order valence-electron chi connectivity index (χ0n) is 13.1. The molecule has 1 aliphatic heterocycles. The number of ether oxygens (including phenoxy) is 1. The molecule has 0 radical (unpaired) electrons. The topological polar surface area (TPSA) is 100 Å². The number of carbonyl (C=O) groups is 3. The number of Topliss-reactive ketones (excluding diaryl/α,β-unsaturated/α-hetero) is 1. The van der Waals surface area contributed by atoms with Gasteiger partial charge in [0, 0.05) is 29.1 Å². The Kier molecular flexibility index (Phi) is 4.33. The largest absolute Gasteiger partial charge is 0.453 e. The Balaban J connectivity index is 1.70. The van der Waals surface area contributed by atoms with Gasteiger partial charge in [-0.2, -0.15) is 0 Å². The van der Waals surface area contributed by atoms with Crippen LogP contribution in [0.3, 0.4) is 0 Å². The van der Waals surface area contributed by atoms with E-state index in [-0.39, 0.29) is 30.4 Å². The van der Waals surface area contributed by atoms with Gasteiger partial charge < -0.3 is 9.72 Å². The van der Waals surface area contributed by atoms with E-state index in [1.54, 1.807) is 6.20 Å². The van der Waals surface area contributed by atoms with E-state index in [2.05, 4.69) is 15.8 Å². The number of fused-ring (bicyclic) bond motifs is 1. The minimum absolute atomic E-state index is 0.0909. The number of rotatable bonds is 5. The maximum Gasteiger partial charge on any atom is 0.356 e. The molecule has 2 aromatic rings. The van der Waals surface area contributed by atoms with Gasteiger partial charge in [0.2, 0.25) is 11.7 Å². The second kappa shape index (κ2) is 6.57. The molecule has 7 heteroatoms. The summed E-state index contributed by atoms with van der Waals surface area (Å²) < 4.78 is 5.02. The zero-order valence-corrected chi connectivity index (χ0v) is 13.1. The molecule has 0 unspecified atom stereocenters. The van der Waals surface area contributed by atoms with E-state index >= 15 is 0 Å². The van der Waals surface area contributed by atoms with Gasteiger partial charge in [-0.15, -0.1) is 0 Å². The number of amides is 1. The fourth-order valence-corrected chi connectivity index (χ4v) is 2.60. The fraction of sp³-hybridized carbons (Fsp3) is 0.235. The first kappa shape index (κ1) is 15.8. The van der Waals surface area contributed by atoms with E-state index < -0.39 is 5.97 Å². The van der Waals surface area contributed by atoms with Crippen LogP contribution in [0.2, 0.25) is 0 Å². The summed E-state index contributed by atoms with van der Waals surface area (Å²) in [6.07, 6.45) is 4.00. The Hall–Kier alpha value is -3.09. The number of aromatic amines is 1. The Morgan fingerprint density at radius 3 is 2.79 bits per heavy atom. The molecule has 124 valence electrons. The van der Waals surface area contributed by atoms with E-state index in [1.807, 2.05) is 25.1 Å². The van der Waals surface area contributed by atoms with E-state index in [9.17, 15) is 14.4 Å². The molecule has 0 saturated carbocycles. The summed E-state index contributed by atoms with van der Waals surface area (Å²) in [5, 5.41) is 0.817. The highest BCUT2D eigenvalue weighted by Crippen LogP contribution is 2.22. The van der Waals surface area contributed by atoms with Crippen molar-refractivity contribution in [1.82, 2.24) is 15.8 Å². The molecule has 2 heterocycles. The highest BCUT2D eigenvalue weighted by molar-refractivity contribution is 6.09. The van der Waals surface area contributed by atoms with Crippen LogP contribution in [0.1, 0.15) is 29.3 Å². The number of aryl methyl sites for hydroxylation is 1. The predicted octanol–water partition coefficient (Wildman–Crippen LogP) is 1.36. The van der Waals surface area contributed by atoms with Crippen molar-refractivity contribution in [2.24, 2.45) is 0 Å². The number of carbonyl (C=O) groups excluding carboxylic acids is 3. The Morgan fingerprint density at radius 2 is 2.08 bits per heavy atom. The summed E-state index contributed by atoms with van der Waals surface area (Å²) >= 11 is 0. The molecule has 3 N–H and O–H groups in total. The Labute approximate surface area is 138 Å². The Morgan fingerprint density at radius 1 is 1.25 bits per heavy atom. The minimum Gasteiger partial charge on any atom is -0.453 e. The molecule has 0 saturated heterocycles. The minimum atomic E-state index is -0.683. The van der Waals surface area contributed by atoms with E-state index in [0.717, 1.165) is 22.9 Å². The van der Waals surface area contributed by atoms with Crippen molar-refractivity contribution in [3.8, 4) is 0 Å². The van der Waals surface area contributed by atoms with Crippen molar-refractivity contribution in [3.63, 3.8) is 0 Å². The third-order valence-corrected chi connectivity index (χ3v) is 3.87. The number of nitrogens with one attached hydrogen (secondary N) is 3. The van der Waals surface area contributed by atoms with Crippen molar-refractivity contribution in [2.45, 2.75) is 19.8 Å². The predicted molar refractivity (Wildman–Crippen MR) is 86.9 cm³/mol. The average Bonchev–Trinajstić information content (AvgIpc) is 3.04. The first-order valence-corrected chi connectivity index (χ1v) is 7.64. The number of H-pyrrole nitrogens is 1. The number of ketones is 1. The van der Waals surface area contributed by atoms with Crippen LogP contribution in [-0.4, -0.2) is 29.3 Å². The molecule has 3 rings (SSSR count). The van der Waals surface area contributed by atoms with Gasteiger partial charge in [-0.3, -0.25) is 20.4 Å². The van der Waals surface area contributed by atoms with Crippen LogP contribution in [-0.2, 0) is 20.7 Å². The number of para-hydroxylation sites is 1. The SMILES string of the molecule is CCc1cccc2c(C(=O)COC(=O)C3=CCC(=O)NN3)c[nH]c12. The lowest BCUT2D eigenvalue weighted by Crippen LogP contribution is -2.42. The van der Waals surface area contributed by atoms with Crippen LogP contribution < -0.4 is 10.9 Å². The normalized spacial score (nSPS) is 13.9. The summed E-state index contributed by atoms with van der Waals surface area (Å²) in [7, 11) is 0. The van der Waals surface area contributed by atoms with Crippen molar-refractivity contribution < 1.29 is 19.1 Å². The van der Waals surface area contributed by atoms with Crippen LogP contribution in [0, 0.1) is 0 Å².